The summed E-state index contributed by atoms with van der Waals surface area (Å²) in [5.41, 5.74) is 8.22. The van der Waals surface area contributed by atoms with Crippen LogP contribution in [0.15, 0.2) is 24.3 Å². The smallest absolute Gasteiger partial charge is 0.320 e. The highest BCUT2D eigenvalue weighted by atomic mass is 127. The maximum absolute atomic E-state index is 11.0. The predicted molar refractivity (Wildman–Crippen MR) is 128 cm³/mol. The Morgan fingerprint density at radius 1 is 1.04 bits per heavy atom. The molecular formula is C21H25I2NO4. The largest absolute Gasteiger partial charge is 0.507 e. The average molecular weight is 609 g/mol. The molecule has 0 aromatic heterocycles. The van der Waals surface area contributed by atoms with E-state index in [2.05, 4.69) is 45.2 Å². The lowest BCUT2D eigenvalue weighted by atomic mass is 9.93. The van der Waals surface area contributed by atoms with E-state index in [4.69, 9.17) is 15.6 Å². The molecule has 7 heteroatoms. The van der Waals surface area contributed by atoms with Crippen LogP contribution in [-0.2, 0) is 11.2 Å². The minimum Gasteiger partial charge on any atom is -0.507 e. The molecule has 152 valence electrons. The molecule has 2 rings (SSSR count). The summed E-state index contributed by atoms with van der Waals surface area (Å²) in [5, 5.41) is 19.6. The van der Waals surface area contributed by atoms with E-state index in [0.29, 0.717) is 17.2 Å². The lowest BCUT2D eigenvalue weighted by Gasteiger charge is -2.19. The maximum atomic E-state index is 11.0. The molecule has 2 aromatic rings. The molecule has 0 fully saturated rings. The maximum Gasteiger partial charge on any atom is 0.320 e. The molecule has 0 radical (unpaired) electrons. The van der Waals surface area contributed by atoms with Crippen LogP contribution in [0.2, 0.25) is 0 Å². The van der Waals surface area contributed by atoms with Crippen LogP contribution in [0.5, 0.6) is 17.2 Å². The lowest BCUT2D eigenvalue weighted by molar-refractivity contribution is -0.138. The predicted octanol–water partition coefficient (Wildman–Crippen LogP) is 5.59. The highest BCUT2D eigenvalue weighted by molar-refractivity contribution is 14.1. The first-order valence-corrected chi connectivity index (χ1v) is 11.2. The molecule has 0 heterocycles. The quantitative estimate of drug-likeness (QED) is 0.356. The third kappa shape index (κ3) is 5.50. The molecule has 0 aliphatic carbocycles. The van der Waals surface area contributed by atoms with Crippen molar-refractivity contribution < 1.29 is 19.7 Å². The van der Waals surface area contributed by atoms with Crippen LogP contribution in [-0.4, -0.2) is 22.2 Å². The first-order chi connectivity index (χ1) is 13.0. The SMILES string of the molecule is CC(C)c1cc(Oc2c(I)cc(CC(N)C(=O)O)cc2I)cc(C(C)C)c1O. The summed E-state index contributed by atoms with van der Waals surface area (Å²) >= 11 is 4.37. The number of carbonyl (C=O) groups is 1. The summed E-state index contributed by atoms with van der Waals surface area (Å²) in [4.78, 5) is 11.0. The zero-order valence-electron chi connectivity index (χ0n) is 16.3. The Hall–Kier alpha value is -1.07. The van der Waals surface area contributed by atoms with Gasteiger partial charge >= 0.3 is 5.97 Å². The molecule has 5 nitrogen and oxygen atoms in total. The van der Waals surface area contributed by atoms with Gasteiger partial charge in [0.05, 0.1) is 7.14 Å². The van der Waals surface area contributed by atoms with Crippen molar-refractivity contribution in [1.29, 1.82) is 0 Å². The average Bonchev–Trinajstić information content (AvgIpc) is 2.58. The number of nitrogens with two attached hydrogens (primary N) is 1. The van der Waals surface area contributed by atoms with Crippen LogP contribution < -0.4 is 10.5 Å². The Balaban J connectivity index is 2.41. The first kappa shape index (κ1) is 23.2. The second kappa shape index (κ2) is 9.62. The third-order valence-corrected chi connectivity index (χ3v) is 6.04. The first-order valence-electron chi connectivity index (χ1n) is 9.02. The molecule has 1 unspecified atom stereocenters. The van der Waals surface area contributed by atoms with Gasteiger partial charge in [-0.2, -0.15) is 0 Å². The summed E-state index contributed by atoms with van der Waals surface area (Å²) in [6.45, 7) is 8.15. The van der Waals surface area contributed by atoms with E-state index in [-0.39, 0.29) is 18.3 Å². The van der Waals surface area contributed by atoms with Gasteiger partial charge in [0.1, 0.15) is 17.5 Å². The lowest BCUT2D eigenvalue weighted by Crippen LogP contribution is -2.32. The van der Waals surface area contributed by atoms with Crippen LogP contribution in [0.25, 0.3) is 0 Å². The summed E-state index contributed by atoms with van der Waals surface area (Å²) < 4.78 is 7.96. The number of carboxylic acids is 1. The number of phenols is 1. The fourth-order valence-corrected chi connectivity index (χ4v) is 4.99. The monoisotopic (exact) mass is 609 g/mol. The molecule has 0 aliphatic heterocycles. The van der Waals surface area contributed by atoms with E-state index in [9.17, 15) is 9.90 Å². The van der Waals surface area contributed by atoms with Gasteiger partial charge in [-0.25, -0.2) is 0 Å². The zero-order chi connectivity index (χ0) is 21.2. The third-order valence-electron chi connectivity index (χ3n) is 4.44. The highest BCUT2D eigenvalue weighted by Gasteiger charge is 2.19. The van der Waals surface area contributed by atoms with Gasteiger partial charge < -0.3 is 20.7 Å². The van der Waals surface area contributed by atoms with Gasteiger partial charge in [-0.15, -0.1) is 0 Å². The van der Waals surface area contributed by atoms with Gasteiger partial charge in [0.15, 0.2) is 5.75 Å². The molecular weight excluding hydrogens is 584 g/mol. The number of hydrogen-bond donors (Lipinski definition) is 3. The molecule has 0 saturated heterocycles. The number of carboxylic acid groups (broad SMARTS) is 1. The standard InChI is InChI=1S/C21H25I2NO4/c1-10(2)14-8-13(9-15(11(3)4)19(14)25)28-20-16(22)5-12(6-17(20)23)7-18(24)21(26)27/h5-6,8-11,18,25H,7,24H2,1-4H3,(H,26,27). The molecule has 2 aromatic carbocycles. The van der Waals surface area contributed by atoms with Crippen molar-refractivity contribution >= 4 is 51.2 Å². The van der Waals surface area contributed by atoms with Crippen molar-refractivity contribution in [1.82, 2.24) is 0 Å². The molecule has 4 N–H and O–H groups in total. The zero-order valence-corrected chi connectivity index (χ0v) is 20.6. The van der Waals surface area contributed by atoms with Gasteiger partial charge in [-0.05, 0) is 93.3 Å². The molecule has 0 spiro atoms. The number of phenolic OH excluding ortho intramolecular Hbond substituents is 1. The second-order valence-corrected chi connectivity index (χ2v) is 9.72. The van der Waals surface area contributed by atoms with Crippen LogP contribution in [0.1, 0.15) is 56.2 Å². The Bertz CT molecular complexity index is 829. The van der Waals surface area contributed by atoms with Crippen LogP contribution in [0, 0.1) is 7.14 Å². The van der Waals surface area contributed by atoms with Gasteiger partial charge in [-0.1, -0.05) is 27.7 Å². The van der Waals surface area contributed by atoms with Gasteiger partial charge in [0, 0.05) is 11.1 Å². The van der Waals surface area contributed by atoms with Crippen molar-refractivity contribution in [2.24, 2.45) is 5.73 Å². The van der Waals surface area contributed by atoms with E-state index >= 15 is 0 Å². The molecule has 0 saturated carbocycles. The van der Waals surface area contributed by atoms with E-state index in [1.54, 1.807) is 0 Å². The molecule has 1 atom stereocenters. The number of aromatic hydroxyl groups is 1. The molecule has 0 bridgehead atoms. The normalized spacial score (nSPS) is 12.5. The van der Waals surface area contributed by atoms with Crippen molar-refractivity contribution in [2.75, 3.05) is 0 Å². The molecule has 28 heavy (non-hydrogen) atoms. The van der Waals surface area contributed by atoms with Gasteiger partial charge in [0.25, 0.3) is 0 Å². The van der Waals surface area contributed by atoms with Crippen molar-refractivity contribution in [3.8, 4) is 17.2 Å². The Kier molecular flexibility index (Phi) is 7.97. The van der Waals surface area contributed by atoms with E-state index < -0.39 is 12.0 Å². The number of aliphatic carboxylic acids is 1. The van der Waals surface area contributed by atoms with Gasteiger partial charge in [0.2, 0.25) is 0 Å². The minimum absolute atomic E-state index is 0.166. The van der Waals surface area contributed by atoms with E-state index in [1.165, 1.54) is 0 Å². The topological polar surface area (TPSA) is 92.8 Å². The summed E-state index contributed by atoms with van der Waals surface area (Å²) in [6, 6.07) is 6.62. The van der Waals surface area contributed by atoms with E-state index in [1.807, 2.05) is 52.0 Å². The number of halogens is 2. The van der Waals surface area contributed by atoms with Crippen LogP contribution in [0.3, 0.4) is 0 Å². The Labute approximate surface area is 193 Å². The fourth-order valence-electron chi connectivity index (χ4n) is 2.88. The number of benzene rings is 2. The van der Waals surface area contributed by atoms with Crippen molar-refractivity contribution in [3.63, 3.8) is 0 Å². The van der Waals surface area contributed by atoms with Crippen molar-refractivity contribution in [2.45, 2.75) is 52.0 Å². The number of hydrogen-bond acceptors (Lipinski definition) is 4. The number of rotatable bonds is 7. The van der Waals surface area contributed by atoms with Gasteiger partial charge in [-0.3, -0.25) is 4.79 Å². The van der Waals surface area contributed by atoms with Crippen LogP contribution in [0.4, 0.5) is 0 Å². The molecule has 0 aliphatic rings. The summed E-state index contributed by atoms with van der Waals surface area (Å²) in [7, 11) is 0. The van der Waals surface area contributed by atoms with Crippen LogP contribution >= 0.6 is 45.2 Å². The highest BCUT2D eigenvalue weighted by Crippen LogP contribution is 2.40. The second-order valence-electron chi connectivity index (χ2n) is 7.40. The fraction of sp³-hybridized carbons (Fsp3) is 0.381. The molecule has 0 amide bonds. The number of ether oxygens (including phenoxy) is 1. The summed E-state index contributed by atoms with van der Waals surface area (Å²) in [6.07, 6.45) is 0.260. The summed E-state index contributed by atoms with van der Waals surface area (Å²) in [5.74, 6) is 1.04. The Morgan fingerprint density at radius 2 is 1.50 bits per heavy atom. The van der Waals surface area contributed by atoms with Crippen molar-refractivity contribution in [3.05, 3.63) is 48.1 Å². The Morgan fingerprint density at radius 3 is 1.89 bits per heavy atom. The minimum atomic E-state index is -1.02. The van der Waals surface area contributed by atoms with E-state index in [0.717, 1.165) is 23.8 Å².